The lowest BCUT2D eigenvalue weighted by Gasteiger charge is -2.62. The Morgan fingerprint density at radius 3 is 2.58 bits per heavy atom. The molecule has 0 spiro atoms. The lowest BCUT2D eigenvalue weighted by atomic mass is 9.44. The third kappa shape index (κ3) is 3.60. The largest absolute Gasteiger partial charge is 0.393 e. The van der Waals surface area contributed by atoms with Gasteiger partial charge in [-0.2, -0.15) is 0 Å². The van der Waals surface area contributed by atoms with E-state index in [1.807, 2.05) is 6.92 Å². The number of alkyl halides is 1. The van der Waals surface area contributed by atoms with E-state index >= 15 is 4.39 Å². The highest BCUT2D eigenvalue weighted by Crippen LogP contribution is 2.65. The minimum atomic E-state index is -0.876. The first kappa shape index (κ1) is 22.8. The quantitative estimate of drug-likeness (QED) is 0.319. The highest BCUT2D eigenvalue weighted by atomic mass is 19.1. The van der Waals surface area contributed by atoms with Gasteiger partial charge in [-0.15, -0.1) is 0 Å². The van der Waals surface area contributed by atoms with Gasteiger partial charge < -0.3 is 10.4 Å². The van der Waals surface area contributed by atoms with Crippen LogP contribution in [0.1, 0.15) is 65.7 Å². The number of allylic oxidation sites excluding steroid dienone is 1. The molecule has 0 heterocycles. The van der Waals surface area contributed by atoms with Crippen molar-refractivity contribution < 1.29 is 14.4 Å². The lowest BCUT2D eigenvalue weighted by molar-refractivity contribution is -0.384. The Hall–Kier alpha value is -1.95. The maximum atomic E-state index is 16.1. The zero-order valence-corrected chi connectivity index (χ0v) is 20.0. The number of fused-ring (bicyclic) bond motifs is 5. The van der Waals surface area contributed by atoms with Crippen molar-refractivity contribution in [1.29, 1.82) is 0 Å². The molecule has 0 aromatic heterocycles. The molecule has 5 nitrogen and oxygen atoms in total. The molecule has 3 saturated carbocycles. The van der Waals surface area contributed by atoms with Crippen molar-refractivity contribution in [3.63, 3.8) is 0 Å². The van der Waals surface area contributed by atoms with Gasteiger partial charge >= 0.3 is 0 Å². The molecule has 5 rings (SSSR count). The maximum Gasteiger partial charge on any atom is 0.269 e. The summed E-state index contributed by atoms with van der Waals surface area (Å²) in [4.78, 5) is 10.6. The molecule has 6 heteroatoms. The van der Waals surface area contributed by atoms with Crippen molar-refractivity contribution in [3.05, 3.63) is 46.0 Å². The van der Waals surface area contributed by atoms with Gasteiger partial charge in [-0.05, 0) is 80.2 Å². The summed E-state index contributed by atoms with van der Waals surface area (Å²) in [5, 5.41) is 24.8. The predicted molar refractivity (Wildman–Crippen MR) is 128 cm³/mol. The molecule has 0 amide bonds. The standard InChI is InChI=1S/C27H37FN2O3/c1-16-24(29-18-5-7-19(8-6-18)30(32)33)15-23-21-9-4-17-14-20(31)10-12-26(17,2)22(21)11-13-27(23,3)25(16)28/h4-8,16,20-25,29,31H,9-15H2,1-3H3/t16-,20+,21-,22+,23+,24+,25+,26+,27+/m1/s1. The number of anilines is 1. The Morgan fingerprint density at radius 2 is 1.88 bits per heavy atom. The fourth-order valence-corrected chi connectivity index (χ4v) is 8.15. The Kier molecular flexibility index (Phi) is 5.58. The van der Waals surface area contributed by atoms with Crippen LogP contribution in [-0.2, 0) is 0 Å². The highest BCUT2D eigenvalue weighted by Gasteiger charge is 2.60. The van der Waals surface area contributed by atoms with Crippen LogP contribution in [0.5, 0.6) is 0 Å². The van der Waals surface area contributed by atoms with Crippen molar-refractivity contribution in [3.8, 4) is 0 Å². The number of nitro benzene ring substituents is 1. The molecule has 1 aromatic carbocycles. The fraction of sp³-hybridized carbons (Fsp3) is 0.704. The zero-order valence-electron chi connectivity index (χ0n) is 20.0. The summed E-state index contributed by atoms with van der Waals surface area (Å²) >= 11 is 0. The van der Waals surface area contributed by atoms with E-state index in [9.17, 15) is 15.2 Å². The van der Waals surface area contributed by atoms with Crippen LogP contribution in [0.4, 0.5) is 15.8 Å². The van der Waals surface area contributed by atoms with E-state index in [0.29, 0.717) is 17.8 Å². The van der Waals surface area contributed by atoms with E-state index < -0.39 is 11.1 Å². The molecule has 0 radical (unpaired) electrons. The second-order valence-electron chi connectivity index (χ2n) is 11.8. The van der Waals surface area contributed by atoms with Crippen LogP contribution in [0.3, 0.4) is 0 Å². The van der Waals surface area contributed by atoms with Crippen LogP contribution in [-0.4, -0.2) is 28.3 Å². The molecule has 0 aliphatic heterocycles. The number of halogens is 1. The van der Waals surface area contributed by atoms with Gasteiger partial charge in [0.25, 0.3) is 5.69 Å². The summed E-state index contributed by atoms with van der Waals surface area (Å²) in [5.41, 5.74) is 2.16. The molecular formula is C27H37FN2O3. The Morgan fingerprint density at radius 1 is 1.15 bits per heavy atom. The van der Waals surface area contributed by atoms with Crippen LogP contribution >= 0.6 is 0 Å². The highest BCUT2D eigenvalue weighted by molar-refractivity contribution is 5.49. The summed E-state index contributed by atoms with van der Waals surface area (Å²) in [6.07, 6.45) is 7.93. The summed E-state index contributed by atoms with van der Waals surface area (Å²) in [6.45, 7) is 6.60. The number of nitro groups is 1. The molecule has 4 aliphatic rings. The molecule has 33 heavy (non-hydrogen) atoms. The van der Waals surface area contributed by atoms with Crippen molar-refractivity contribution >= 4 is 11.4 Å². The third-order valence-corrected chi connectivity index (χ3v) is 10.2. The SMILES string of the molecule is C[C@@H]1[C@@H](Nc2ccc([N+](=O)[O-])cc2)C[C@H]2[C@@H]3CC=C4C[C@@H](O)CC[C@]4(C)[C@H]3CC[C@]2(C)[C@H]1F. The van der Waals surface area contributed by atoms with Gasteiger partial charge in [0.15, 0.2) is 0 Å². The number of rotatable bonds is 3. The van der Waals surface area contributed by atoms with Gasteiger partial charge in [0.2, 0.25) is 0 Å². The normalized spacial score (nSPS) is 44.6. The van der Waals surface area contributed by atoms with Crippen molar-refractivity contribution in [1.82, 2.24) is 0 Å². The molecule has 0 unspecified atom stereocenters. The third-order valence-electron chi connectivity index (χ3n) is 10.2. The molecule has 9 atom stereocenters. The first-order chi connectivity index (χ1) is 15.6. The summed E-state index contributed by atoms with van der Waals surface area (Å²) < 4.78 is 16.1. The maximum absolute atomic E-state index is 16.1. The number of aliphatic hydroxyl groups excluding tert-OH is 1. The molecule has 180 valence electrons. The van der Waals surface area contributed by atoms with E-state index in [2.05, 4.69) is 25.2 Å². The van der Waals surface area contributed by atoms with E-state index in [0.717, 1.165) is 50.6 Å². The van der Waals surface area contributed by atoms with Gasteiger partial charge in [-0.1, -0.05) is 32.4 Å². The van der Waals surface area contributed by atoms with Crippen LogP contribution in [0, 0.1) is 44.6 Å². The fourth-order valence-electron chi connectivity index (χ4n) is 8.15. The van der Waals surface area contributed by atoms with E-state index in [1.165, 1.54) is 17.7 Å². The molecule has 2 N–H and O–H groups in total. The monoisotopic (exact) mass is 456 g/mol. The van der Waals surface area contributed by atoms with Gasteiger partial charge in [0.05, 0.1) is 11.0 Å². The second kappa shape index (κ2) is 8.07. The van der Waals surface area contributed by atoms with Gasteiger partial charge in [0.1, 0.15) is 6.17 Å². The van der Waals surface area contributed by atoms with Crippen molar-refractivity contribution in [2.45, 2.75) is 84.0 Å². The number of hydrogen-bond donors (Lipinski definition) is 2. The topological polar surface area (TPSA) is 75.4 Å². The van der Waals surface area contributed by atoms with Crippen LogP contribution < -0.4 is 5.32 Å². The van der Waals surface area contributed by atoms with Crippen LogP contribution in [0.2, 0.25) is 0 Å². The predicted octanol–water partition coefficient (Wildman–Crippen LogP) is 6.28. The van der Waals surface area contributed by atoms with Gasteiger partial charge in [0, 0.05) is 35.2 Å². The van der Waals surface area contributed by atoms with E-state index in [4.69, 9.17) is 0 Å². The number of hydrogen-bond acceptors (Lipinski definition) is 4. The molecule has 3 fully saturated rings. The zero-order chi connectivity index (χ0) is 23.5. The Labute approximate surface area is 196 Å². The van der Waals surface area contributed by atoms with Crippen LogP contribution in [0.25, 0.3) is 0 Å². The summed E-state index contributed by atoms with van der Waals surface area (Å²) in [5.74, 6) is 1.22. The van der Waals surface area contributed by atoms with Gasteiger partial charge in [-0.3, -0.25) is 10.1 Å². The Balaban J connectivity index is 1.41. The Bertz CT molecular complexity index is 949. The average molecular weight is 457 g/mol. The summed E-state index contributed by atoms with van der Waals surface area (Å²) in [7, 11) is 0. The molecule has 4 aliphatic carbocycles. The van der Waals surface area contributed by atoms with Crippen molar-refractivity contribution in [2.24, 2.45) is 34.5 Å². The first-order valence-corrected chi connectivity index (χ1v) is 12.7. The number of nitrogens with zero attached hydrogens (tertiary/aromatic N) is 1. The molecule has 0 bridgehead atoms. The van der Waals surface area contributed by atoms with Gasteiger partial charge in [-0.25, -0.2) is 4.39 Å². The number of aliphatic hydroxyl groups is 1. The second-order valence-corrected chi connectivity index (χ2v) is 11.8. The van der Waals surface area contributed by atoms with E-state index in [1.54, 1.807) is 12.1 Å². The summed E-state index contributed by atoms with van der Waals surface area (Å²) in [6, 6.07) is 6.49. The minimum Gasteiger partial charge on any atom is -0.393 e. The lowest BCUT2D eigenvalue weighted by Crippen LogP contribution is -2.59. The molecule has 0 saturated heterocycles. The number of benzene rings is 1. The van der Waals surface area contributed by atoms with Crippen LogP contribution in [0.15, 0.2) is 35.9 Å². The minimum absolute atomic E-state index is 0.00430. The molecular weight excluding hydrogens is 419 g/mol. The molecule has 1 aromatic rings. The van der Waals surface area contributed by atoms with E-state index in [-0.39, 0.29) is 34.6 Å². The number of non-ortho nitro benzene ring substituents is 1. The smallest absolute Gasteiger partial charge is 0.269 e. The average Bonchev–Trinajstić information content (AvgIpc) is 2.79. The van der Waals surface area contributed by atoms with Crippen molar-refractivity contribution in [2.75, 3.05) is 5.32 Å². The number of nitrogens with one attached hydrogen (secondary N) is 1. The first-order valence-electron chi connectivity index (χ1n) is 12.7.